The summed E-state index contributed by atoms with van der Waals surface area (Å²) in [6.07, 6.45) is 10.1. The van der Waals surface area contributed by atoms with Crippen LogP contribution in [0.15, 0.2) is 36.8 Å². The molecule has 0 atom stereocenters. The third-order valence-electron chi connectivity index (χ3n) is 0.723. The lowest BCUT2D eigenvalue weighted by Gasteiger charge is -1.91. The lowest BCUT2D eigenvalue weighted by atomic mass is 10.5. The Morgan fingerprint density at radius 3 is 1.89 bits per heavy atom. The lowest BCUT2D eigenvalue weighted by molar-refractivity contribution is 0.133. The topological polar surface area (TPSA) is 18.5 Å². The first-order valence-electron chi connectivity index (χ1n) is 2.55. The molecule has 0 saturated heterocycles. The maximum Gasteiger partial charge on any atom is 0.427 e. The van der Waals surface area contributed by atoms with Crippen molar-refractivity contribution in [3.05, 3.63) is 43.6 Å². The molecule has 1 aliphatic heterocycles. The number of hydrogen-bond acceptors (Lipinski definition) is 2. The summed E-state index contributed by atoms with van der Waals surface area (Å²) in [5, 5.41) is 0. The third-order valence-corrected chi connectivity index (χ3v) is 0.723. The van der Waals surface area contributed by atoms with E-state index in [1.54, 1.807) is 12.2 Å². The second kappa shape index (κ2) is 3.78. The molecule has 1 aliphatic rings. The highest BCUT2D eigenvalue weighted by atomic mass is 16.7. The van der Waals surface area contributed by atoms with Crippen LogP contribution in [0.5, 0.6) is 0 Å². The zero-order chi connectivity index (χ0) is 6.36. The van der Waals surface area contributed by atoms with Crippen LogP contribution < -0.4 is 0 Å². The van der Waals surface area contributed by atoms with Crippen molar-refractivity contribution in [1.29, 1.82) is 0 Å². The number of ether oxygens (including phenoxy) is 2. The Morgan fingerprint density at radius 2 is 1.33 bits per heavy atom. The highest BCUT2D eigenvalue weighted by Crippen LogP contribution is 1.92. The van der Waals surface area contributed by atoms with E-state index in [1.807, 2.05) is 12.2 Å². The highest BCUT2D eigenvalue weighted by molar-refractivity contribution is 5.09. The van der Waals surface area contributed by atoms with Crippen molar-refractivity contribution in [3.63, 3.8) is 0 Å². The minimum Gasteiger partial charge on any atom is -0.447 e. The van der Waals surface area contributed by atoms with E-state index in [9.17, 15) is 0 Å². The van der Waals surface area contributed by atoms with Gasteiger partial charge in [-0.25, -0.2) is 0 Å². The Balaban J connectivity index is 2.45. The van der Waals surface area contributed by atoms with E-state index >= 15 is 0 Å². The molecule has 0 aliphatic carbocycles. The molecule has 0 aromatic heterocycles. The fraction of sp³-hybridized carbons (Fsp3) is 0. The van der Waals surface area contributed by atoms with Crippen LogP contribution in [-0.2, 0) is 9.47 Å². The molecule has 2 radical (unpaired) electrons. The molecule has 0 aromatic rings. The number of allylic oxidation sites excluding steroid dienone is 4. The summed E-state index contributed by atoms with van der Waals surface area (Å²) in [5.41, 5.74) is 0. The Bertz CT molecular complexity index is 129. The van der Waals surface area contributed by atoms with Gasteiger partial charge in [0.05, 0.1) is 12.5 Å². The first-order valence-corrected chi connectivity index (χ1v) is 2.55. The van der Waals surface area contributed by atoms with Gasteiger partial charge in [0.25, 0.3) is 0 Å². The van der Waals surface area contributed by atoms with Gasteiger partial charge >= 0.3 is 6.79 Å². The van der Waals surface area contributed by atoms with Gasteiger partial charge in [0.15, 0.2) is 0 Å². The smallest absolute Gasteiger partial charge is 0.427 e. The van der Waals surface area contributed by atoms with Crippen LogP contribution in [0.1, 0.15) is 0 Å². The van der Waals surface area contributed by atoms with Crippen molar-refractivity contribution in [2.75, 3.05) is 0 Å². The van der Waals surface area contributed by atoms with Crippen molar-refractivity contribution in [2.24, 2.45) is 0 Å². The van der Waals surface area contributed by atoms with Gasteiger partial charge < -0.3 is 9.47 Å². The summed E-state index contributed by atoms with van der Waals surface area (Å²) in [4.78, 5) is 0. The average Bonchev–Trinajstić information content (AvgIpc) is 2.00. The van der Waals surface area contributed by atoms with Crippen LogP contribution >= 0.6 is 0 Å². The van der Waals surface area contributed by atoms with Crippen LogP contribution in [0, 0.1) is 6.79 Å². The molecule has 2 heteroatoms. The first kappa shape index (κ1) is 5.95. The minimum atomic E-state index is 1.48. The van der Waals surface area contributed by atoms with Crippen molar-refractivity contribution < 1.29 is 9.47 Å². The lowest BCUT2D eigenvalue weighted by Crippen LogP contribution is -1.77. The van der Waals surface area contributed by atoms with Gasteiger partial charge in [-0.3, -0.25) is 0 Å². The second-order valence-corrected chi connectivity index (χ2v) is 1.36. The van der Waals surface area contributed by atoms with Crippen molar-refractivity contribution in [2.45, 2.75) is 0 Å². The zero-order valence-corrected chi connectivity index (χ0v) is 4.78. The predicted octanol–water partition coefficient (Wildman–Crippen LogP) is 1.61. The monoisotopic (exact) mass is 122 g/mol. The van der Waals surface area contributed by atoms with E-state index in [0.717, 1.165) is 0 Å². The van der Waals surface area contributed by atoms with E-state index in [-0.39, 0.29) is 0 Å². The molecule has 1 heterocycles. The molecule has 0 N–H and O–H groups in total. The van der Waals surface area contributed by atoms with Gasteiger partial charge in [-0.15, -0.1) is 0 Å². The van der Waals surface area contributed by atoms with E-state index in [1.165, 1.54) is 12.5 Å². The Hall–Kier alpha value is -1.18. The summed E-state index contributed by atoms with van der Waals surface area (Å²) < 4.78 is 9.20. The molecular weight excluding hydrogens is 116 g/mol. The second-order valence-electron chi connectivity index (χ2n) is 1.36. The minimum absolute atomic E-state index is 1.48. The van der Waals surface area contributed by atoms with Gasteiger partial charge in [0, 0.05) is 0 Å². The molecule has 0 saturated carbocycles. The Kier molecular flexibility index (Phi) is 2.50. The summed E-state index contributed by atoms with van der Waals surface area (Å²) in [6, 6.07) is 0. The largest absolute Gasteiger partial charge is 0.447 e. The molecule has 0 amide bonds. The van der Waals surface area contributed by atoms with Crippen LogP contribution in [-0.4, -0.2) is 0 Å². The third kappa shape index (κ3) is 2.59. The number of rotatable bonds is 0. The van der Waals surface area contributed by atoms with Gasteiger partial charge in [0.2, 0.25) is 0 Å². The fourth-order valence-electron chi connectivity index (χ4n) is 0.381. The van der Waals surface area contributed by atoms with E-state index in [2.05, 4.69) is 16.3 Å². The molecule has 0 spiro atoms. The fourth-order valence-corrected chi connectivity index (χ4v) is 0.381. The molecule has 2 nitrogen and oxygen atoms in total. The van der Waals surface area contributed by atoms with Crippen LogP contribution in [0.25, 0.3) is 0 Å². The molecular formula is C7H6O2. The summed E-state index contributed by atoms with van der Waals surface area (Å²) in [6.45, 7) is 2.21. The van der Waals surface area contributed by atoms with Crippen LogP contribution in [0.2, 0.25) is 0 Å². The van der Waals surface area contributed by atoms with Crippen molar-refractivity contribution >= 4 is 0 Å². The maximum absolute atomic E-state index is 4.60. The SMILES string of the molecule is [C]1O\C=C/C=C\C=C/O1. The van der Waals surface area contributed by atoms with E-state index in [4.69, 9.17) is 0 Å². The molecule has 46 valence electrons. The van der Waals surface area contributed by atoms with Crippen LogP contribution in [0.3, 0.4) is 0 Å². The maximum atomic E-state index is 4.60. The van der Waals surface area contributed by atoms with Gasteiger partial charge in [-0.1, -0.05) is 12.2 Å². The Labute approximate surface area is 54.1 Å². The van der Waals surface area contributed by atoms with Gasteiger partial charge in [-0.2, -0.15) is 0 Å². The van der Waals surface area contributed by atoms with E-state index < -0.39 is 0 Å². The first-order chi connectivity index (χ1) is 4.50. The molecule has 9 heavy (non-hydrogen) atoms. The normalized spacial score (nSPS) is 27.6. The molecule has 0 aromatic carbocycles. The quantitative estimate of drug-likeness (QED) is 0.486. The Morgan fingerprint density at radius 1 is 0.778 bits per heavy atom. The summed E-state index contributed by atoms with van der Waals surface area (Å²) >= 11 is 0. The van der Waals surface area contributed by atoms with Crippen molar-refractivity contribution in [1.82, 2.24) is 0 Å². The zero-order valence-electron chi connectivity index (χ0n) is 4.78. The standard InChI is InChI=1S/C7H6O2/c1-2-4-6-9-7-8-5-3-1/h1-6H/b2-1-,5-3-,6-4-. The van der Waals surface area contributed by atoms with E-state index in [0.29, 0.717) is 0 Å². The van der Waals surface area contributed by atoms with Gasteiger partial charge in [0.1, 0.15) is 0 Å². The molecule has 0 bridgehead atoms. The summed E-state index contributed by atoms with van der Waals surface area (Å²) in [5.74, 6) is 0. The highest BCUT2D eigenvalue weighted by Gasteiger charge is 1.82. The van der Waals surface area contributed by atoms with Crippen molar-refractivity contribution in [3.8, 4) is 0 Å². The molecule has 1 rings (SSSR count). The number of hydrogen-bond donors (Lipinski definition) is 0. The van der Waals surface area contributed by atoms with Crippen LogP contribution in [0.4, 0.5) is 0 Å². The predicted molar refractivity (Wildman–Crippen MR) is 32.8 cm³/mol. The summed E-state index contributed by atoms with van der Waals surface area (Å²) in [7, 11) is 0. The van der Waals surface area contributed by atoms with Gasteiger partial charge in [-0.05, 0) is 12.2 Å². The molecule has 0 unspecified atom stereocenters. The average molecular weight is 122 g/mol. The molecule has 0 fully saturated rings.